The first-order valence-electron chi connectivity index (χ1n) is 9.25. The maximum Gasteiger partial charge on any atom is 0.228 e. The Morgan fingerprint density at radius 2 is 2.00 bits per heavy atom. The number of anilines is 2. The second kappa shape index (κ2) is 8.45. The van der Waals surface area contributed by atoms with E-state index in [1.807, 2.05) is 35.2 Å². The summed E-state index contributed by atoms with van der Waals surface area (Å²) in [5.74, 6) is 0.321. The molecule has 1 aromatic carbocycles. The molecule has 144 valence electrons. The van der Waals surface area contributed by atoms with Gasteiger partial charge in [-0.2, -0.15) is 0 Å². The number of piperidine rings is 1. The zero-order valence-corrected chi connectivity index (χ0v) is 16.2. The van der Waals surface area contributed by atoms with Crippen LogP contribution in [-0.4, -0.2) is 38.8 Å². The molecule has 0 unspecified atom stereocenters. The predicted octanol–water partition coefficient (Wildman–Crippen LogP) is 3.03. The highest BCUT2D eigenvalue weighted by molar-refractivity contribution is 7.07. The normalized spacial score (nSPS) is 17.4. The van der Waals surface area contributed by atoms with Crippen molar-refractivity contribution in [2.75, 3.05) is 24.1 Å². The lowest BCUT2D eigenvalue weighted by molar-refractivity contribution is -0.121. The zero-order valence-electron chi connectivity index (χ0n) is 15.4. The van der Waals surface area contributed by atoms with Crippen LogP contribution in [0.25, 0.3) is 11.3 Å². The number of carbonyl (C=O) groups excluding carboxylic acids is 1. The molecule has 8 heteroatoms. The highest BCUT2D eigenvalue weighted by atomic mass is 32.1. The number of rotatable bonds is 5. The van der Waals surface area contributed by atoms with Gasteiger partial charge < -0.3 is 11.1 Å². The number of nitrogens with zero attached hydrogens (tertiary/aromatic N) is 4. The van der Waals surface area contributed by atoms with Gasteiger partial charge in [0.05, 0.1) is 17.1 Å². The van der Waals surface area contributed by atoms with Crippen molar-refractivity contribution in [3.8, 4) is 11.3 Å². The number of nitrogens with two attached hydrogens (primary N) is 1. The topological polar surface area (TPSA) is 97.0 Å². The van der Waals surface area contributed by atoms with Crippen LogP contribution in [0.2, 0.25) is 0 Å². The van der Waals surface area contributed by atoms with Gasteiger partial charge in [-0.3, -0.25) is 9.69 Å². The first-order chi connectivity index (χ1) is 13.7. The number of hydrogen-bond donors (Lipinski definition) is 2. The molecule has 0 bridgehead atoms. The molecule has 1 amide bonds. The Hall–Kier alpha value is -2.84. The quantitative estimate of drug-likeness (QED) is 0.690. The molecule has 3 aromatic rings. The fourth-order valence-electron chi connectivity index (χ4n) is 3.44. The second-order valence-electron chi connectivity index (χ2n) is 6.96. The van der Waals surface area contributed by atoms with Crippen molar-refractivity contribution in [3.63, 3.8) is 0 Å². The Balaban J connectivity index is 1.34. The Bertz CT molecular complexity index is 911. The second-order valence-corrected chi connectivity index (χ2v) is 7.68. The lowest BCUT2D eigenvalue weighted by atomic mass is 9.96. The van der Waals surface area contributed by atoms with Crippen molar-refractivity contribution in [1.29, 1.82) is 0 Å². The minimum absolute atomic E-state index is 0.0262. The number of likely N-dealkylation sites (tertiary alicyclic amines) is 1. The first-order valence-corrected chi connectivity index (χ1v) is 10.2. The average molecular weight is 395 g/mol. The lowest BCUT2D eigenvalue weighted by Gasteiger charge is -2.31. The maximum atomic E-state index is 12.7. The Labute approximate surface area is 167 Å². The molecule has 0 spiro atoms. The third-order valence-electron chi connectivity index (χ3n) is 4.89. The van der Waals surface area contributed by atoms with E-state index in [0.717, 1.165) is 55.0 Å². The van der Waals surface area contributed by atoms with Gasteiger partial charge in [-0.25, -0.2) is 15.0 Å². The average Bonchev–Trinajstić information content (AvgIpc) is 3.25. The predicted molar refractivity (Wildman–Crippen MR) is 111 cm³/mol. The van der Waals surface area contributed by atoms with E-state index in [0.29, 0.717) is 0 Å². The van der Waals surface area contributed by atoms with Crippen molar-refractivity contribution in [2.24, 2.45) is 5.92 Å². The summed E-state index contributed by atoms with van der Waals surface area (Å²) >= 11 is 1.57. The van der Waals surface area contributed by atoms with Gasteiger partial charge in [0.25, 0.3) is 0 Å². The molecule has 0 saturated carbocycles. The molecule has 0 radical (unpaired) electrons. The van der Waals surface area contributed by atoms with Crippen LogP contribution < -0.4 is 11.1 Å². The van der Waals surface area contributed by atoms with E-state index >= 15 is 0 Å². The van der Waals surface area contributed by atoms with Crippen LogP contribution >= 0.6 is 11.3 Å². The molecule has 1 fully saturated rings. The number of benzene rings is 1. The Kier molecular flexibility index (Phi) is 5.59. The van der Waals surface area contributed by atoms with Gasteiger partial charge in [0, 0.05) is 47.7 Å². The van der Waals surface area contributed by atoms with Gasteiger partial charge in [-0.05, 0) is 31.5 Å². The van der Waals surface area contributed by atoms with Crippen molar-refractivity contribution >= 4 is 28.9 Å². The fourth-order valence-corrected chi connectivity index (χ4v) is 4.00. The molecule has 3 N–H and O–H groups in total. The molecular weight excluding hydrogens is 372 g/mol. The Morgan fingerprint density at radius 3 is 2.71 bits per heavy atom. The molecule has 1 aliphatic rings. The SMILES string of the molecule is Nc1ncc(CN2CCC[C@@H](C(=O)Nc3ccc(-c4cscn4)cc3)C2)cn1. The maximum absolute atomic E-state index is 12.7. The van der Waals surface area contributed by atoms with Crippen LogP contribution in [0.5, 0.6) is 0 Å². The van der Waals surface area contributed by atoms with E-state index in [9.17, 15) is 4.79 Å². The van der Waals surface area contributed by atoms with E-state index in [-0.39, 0.29) is 17.8 Å². The van der Waals surface area contributed by atoms with Gasteiger partial charge >= 0.3 is 0 Å². The van der Waals surface area contributed by atoms with Crippen LogP contribution in [0.15, 0.2) is 47.5 Å². The Morgan fingerprint density at radius 1 is 1.21 bits per heavy atom. The van der Waals surface area contributed by atoms with Gasteiger partial charge in [0.15, 0.2) is 0 Å². The number of hydrogen-bond acceptors (Lipinski definition) is 7. The van der Waals surface area contributed by atoms with E-state index < -0.39 is 0 Å². The summed E-state index contributed by atoms with van der Waals surface area (Å²) in [5, 5.41) is 5.06. The van der Waals surface area contributed by atoms with E-state index in [1.54, 1.807) is 23.7 Å². The summed E-state index contributed by atoms with van der Waals surface area (Å²) < 4.78 is 0. The lowest BCUT2D eigenvalue weighted by Crippen LogP contribution is -2.40. The van der Waals surface area contributed by atoms with Crippen LogP contribution in [0.3, 0.4) is 0 Å². The first kappa shape index (κ1) is 18.5. The van der Waals surface area contributed by atoms with Crippen molar-refractivity contribution < 1.29 is 4.79 Å². The molecule has 2 aromatic heterocycles. The number of carbonyl (C=O) groups is 1. The number of amides is 1. The molecule has 3 heterocycles. The molecule has 7 nitrogen and oxygen atoms in total. The van der Waals surface area contributed by atoms with Gasteiger partial charge in [0.2, 0.25) is 11.9 Å². The number of thiazole rings is 1. The van der Waals surface area contributed by atoms with E-state index in [1.165, 1.54) is 0 Å². The van der Waals surface area contributed by atoms with Gasteiger partial charge in [-0.15, -0.1) is 11.3 Å². The summed E-state index contributed by atoms with van der Waals surface area (Å²) in [7, 11) is 0. The van der Waals surface area contributed by atoms with Crippen LogP contribution in [-0.2, 0) is 11.3 Å². The van der Waals surface area contributed by atoms with Gasteiger partial charge in [-0.1, -0.05) is 12.1 Å². The number of nitrogen functional groups attached to an aromatic ring is 1. The summed E-state index contributed by atoms with van der Waals surface area (Å²) in [5.41, 5.74) is 11.2. The molecular formula is C20H22N6OS. The molecule has 4 rings (SSSR count). The van der Waals surface area contributed by atoms with E-state index in [2.05, 4.69) is 25.2 Å². The van der Waals surface area contributed by atoms with Crippen molar-refractivity contribution in [2.45, 2.75) is 19.4 Å². The minimum atomic E-state index is -0.0262. The third kappa shape index (κ3) is 4.52. The standard InChI is InChI=1S/C20H22N6OS/c21-20-22-8-14(9-23-20)10-26-7-1-2-16(11-26)19(27)25-17-5-3-15(4-6-17)18-12-28-13-24-18/h3-6,8-9,12-13,16H,1-2,7,10-11H2,(H,25,27)(H2,21,22,23)/t16-/m1/s1. The van der Waals surface area contributed by atoms with Crippen molar-refractivity contribution in [1.82, 2.24) is 19.9 Å². The van der Waals surface area contributed by atoms with Gasteiger partial charge in [0.1, 0.15) is 0 Å². The summed E-state index contributed by atoms with van der Waals surface area (Å²) in [6.07, 6.45) is 5.39. The van der Waals surface area contributed by atoms with Crippen LogP contribution in [0, 0.1) is 5.92 Å². The molecule has 1 aliphatic heterocycles. The number of nitrogens with one attached hydrogen (secondary N) is 1. The largest absolute Gasteiger partial charge is 0.368 e. The highest BCUT2D eigenvalue weighted by Crippen LogP contribution is 2.23. The minimum Gasteiger partial charge on any atom is -0.368 e. The molecule has 0 aliphatic carbocycles. The number of aromatic nitrogens is 3. The smallest absolute Gasteiger partial charge is 0.228 e. The van der Waals surface area contributed by atoms with E-state index in [4.69, 9.17) is 5.73 Å². The summed E-state index contributed by atoms with van der Waals surface area (Å²) in [6.45, 7) is 2.43. The monoisotopic (exact) mass is 394 g/mol. The third-order valence-corrected chi connectivity index (χ3v) is 5.47. The molecule has 1 saturated heterocycles. The van der Waals surface area contributed by atoms with Crippen LogP contribution in [0.4, 0.5) is 11.6 Å². The van der Waals surface area contributed by atoms with Crippen LogP contribution in [0.1, 0.15) is 18.4 Å². The summed E-state index contributed by atoms with van der Waals surface area (Å²) in [6, 6.07) is 7.83. The molecule has 28 heavy (non-hydrogen) atoms. The highest BCUT2D eigenvalue weighted by Gasteiger charge is 2.26. The van der Waals surface area contributed by atoms with Crippen molar-refractivity contribution in [3.05, 3.63) is 53.1 Å². The summed E-state index contributed by atoms with van der Waals surface area (Å²) in [4.78, 5) is 27.4. The zero-order chi connectivity index (χ0) is 19.3. The fraction of sp³-hybridized carbons (Fsp3) is 0.300. The molecule has 1 atom stereocenters.